The van der Waals surface area contributed by atoms with Crippen LogP contribution in [0, 0.1) is 5.82 Å². The molecule has 1 unspecified atom stereocenters. The van der Waals surface area contributed by atoms with E-state index in [0.29, 0.717) is 5.56 Å². The Kier molecular flexibility index (Phi) is 4.63. The van der Waals surface area contributed by atoms with E-state index >= 15 is 0 Å². The van der Waals surface area contributed by atoms with Gasteiger partial charge in [0.25, 0.3) is 0 Å². The van der Waals surface area contributed by atoms with Gasteiger partial charge in [-0.3, -0.25) is 4.79 Å². The fourth-order valence-corrected chi connectivity index (χ4v) is 2.33. The molecule has 2 rings (SSSR count). The van der Waals surface area contributed by atoms with Crippen molar-refractivity contribution in [3.8, 4) is 0 Å². The summed E-state index contributed by atoms with van der Waals surface area (Å²) in [5.41, 5.74) is 5.63. The van der Waals surface area contributed by atoms with Crippen LogP contribution in [0.4, 0.5) is 10.1 Å². The Morgan fingerprint density at radius 2 is 1.86 bits per heavy atom. The molecule has 0 fully saturated rings. The quantitative estimate of drug-likeness (QED) is 0.867. The molecule has 0 aliphatic carbocycles. The molecule has 21 heavy (non-hydrogen) atoms. The summed E-state index contributed by atoms with van der Waals surface area (Å²) in [5.74, 6) is -0.878. The number of rotatable bonds is 5. The Morgan fingerprint density at radius 3 is 2.43 bits per heavy atom. The molecule has 5 heteroatoms. The summed E-state index contributed by atoms with van der Waals surface area (Å²) in [4.78, 5) is 11.8. The number of primary amides is 1. The number of hydrogen-bond donors (Lipinski definition) is 2. The second-order valence-corrected chi connectivity index (χ2v) is 6.01. The number of carbonyl (C=O) groups is 1. The minimum Gasteiger partial charge on any atom is -0.371 e. The second kappa shape index (κ2) is 6.26. The largest absolute Gasteiger partial charge is 0.371 e. The van der Waals surface area contributed by atoms with E-state index in [4.69, 9.17) is 5.73 Å². The molecule has 0 aromatic heterocycles. The molecule has 1 atom stereocenters. The molecule has 2 aromatic carbocycles. The molecule has 0 saturated heterocycles. The Bertz CT molecular complexity index is 645. The van der Waals surface area contributed by atoms with Gasteiger partial charge < -0.3 is 11.1 Å². The first-order valence-corrected chi connectivity index (χ1v) is 7.27. The van der Waals surface area contributed by atoms with Gasteiger partial charge in [-0.2, -0.15) is 0 Å². The first-order valence-electron chi connectivity index (χ1n) is 6.48. The predicted octanol–water partition coefficient (Wildman–Crippen LogP) is 3.49. The fourth-order valence-electron chi connectivity index (χ4n) is 2.07. The maximum Gasteiger partial charge on any atom is 0.243 e. The number of nitrogens with one attached hydrogen (secondary N) is 1. The molecule has 0 aliphatic rings. The van der Waals surface area contributed by atoms with Crippen LogP contribution >= 0.6 is 15.9 Å². The summed E-state index contributed by atoms with van der Waals surface area (Å²) in [6, 6.07) is 13.7. The van der Waals surface area contributed by atoms with E-state index in [0.717, 1.165) is 10.2 Å². The lowest BCUT2D eigenvalue weighted by molar-refractivity contribution is -0.121. The lowest BCUT2D eigenvalue weighted by Gasteiger charge is -2.29. The monoisotopic (exact) mass is 350 g/mol. The molecule has 0 radical (unpaired) electrons. The highest BCUT2D eigenvalue weighted by Crippen LogP contribution is 2.22. The maximum absolute atomic E-state index is 13.8. The van der Waals surface area contributed by atoms with Crippen molar-refractivity contribution in [3.63, 3.8) is 0 Å². The van der Waals surface area contributed by atoms with Crippen molar-refractivity contribution in [1.29, 1.82) is 0 Å². The fraction of sp³-hybridized carbons (Fsp3) is 0.188. The molecule has 3 nitrogen and oxygen atoms in total. The summed E-state index contributed by atoms with van der Waals surface area (Å²) >= 11 is 3.35. The minimum atomic E-state index is -1.07. The number of anilines is 1. The van der Waals surface area contributed by atoms with Gasteiger partial charge in [-0.25, -0.2) is 4.39 Å². The molecule has 0 saturated carbocycles. The summed E-state index contributed by atoms with van der Waals surface area (Å²) in [5, 5.41) is 3.10. The third kappa shape index (κ3) is 3.82. The van der Waals surface area contributed by atoms with E-state index < -0.39 is 11.4 Å². The molecule has 2 aromatic rings. The average Bonchev–Trinajstić information content (AvgIpc) is 2.44. The Labute approximate surface area is 131 Å². The summed E-state index contributed by atoms with van der Waals surface area (Å²) in [7, 11) is 0. The number of halogens is 2. The van der Waals surface area contributed by atoms with Crippen LogP contribution < -0.4 is 11.1 Å². The first kappa shape index (κ1) is 15.5. The van der Waals surface area contributed by atoms with Gasteiger partial charge in [0.1, 0.15) is 11.4 Å². The van der Waals surface area contributed by atoms with E-state index in [9.17, 15) is 9.18 Å². The number of amides is 1. The van der Waals surface area contributed by atoms with Gasteiger partial charge in [0.15, 0.2) is 0 Å². The van der Waals surface area contributed by atoms with Crippen LogP contribution in [0.3, 0.4) is 0 Å². The molecular weight excluding hydrogens is 335 g/mol. The van der Waals surface area contributed by atoms with Crippen molar-refractivity contribution in [1.82, 2.24) is 0 Å². The Morgan fingerprint density at radius 1 is 1.24 bits per heavy atom. The van der Waals surface area contributed by atoms with Crippen LogP contribution in [0.25, 0.3) is 0 Å². The highest BCUT2D eigenvalue weighted by atomic mass is 79.9. The van der Waals surface area contributed by atoms with Crippen molar-refractivity contribution in [2.75, 3.05) is 5.32 Å². The molecule has 1 amide bonds. The van der Waals surface area contributed by atoms with Crippen LogP contribution in [-0.4, -0.2) is 11.4 Å². The number of carbonyl (C=O) groups excluding carboxylic acids is 1. The zero-order valence-corrected chi connectivity index (χ0v) is 13.2. The molecule has 0 aliphatic heterocycles. The Hall–Kier alpha value is -1.88. The van der Waals surface area contributed by atoms with Crippen LogP contribution in [-0.2, 0) is 11.2 Å². The van der Waals surface area contributed by atoms with Gasteiger partial charge in [0.2, 0.25) is 5.91 Å². The zero-order chi connectivity index (χ0) is 15.5. The van der Waals surface area contributed by atoms with Crippen LogP contribution in [0.15, 0.2) is 53.0 Å². The van der Waals surface area contributed by atoms with Crippen molar-refractivity contribution in [2.24, 2.45) is 5.73 Å². The third-order valence-electron chi connectivity index (χ3n) is 3.31. The molecule has 0 heterocycles. The number of hydrogen-bond acceptors (Lipinski definition) is 2. The molecule has 0 spiro atoms. The van der Waals surface area contributed by atoms with Gasteiger partial charge >= 0.3 is 0 Å². The number of benzene rings is 2. The van der Waals surface area contributed by atoms with Crippen LogP contribution in [0.5, 0.6) is 0 Å². The van der Waals surface area contributed by atoms with Crippen LogP contribution in [0.2, 0.25) is 0 Å². The van der Waals surface area contributed by atoms with E-state index in [1.807, 2.05) is 24.3 Å². The van der Waals surface area contributed by atoms with E-state index in [2.05, 4.69) is 21.2 Å². The Balaban J connectivity index is 2.26. The van der Waals surface area contributed by atoms with Gasteiger partial charge in [0.05, 0.1) is 0 Å². The maximum atomic E-state index is 13.8. The van der Waals surface area contributed by atoms with Gasteiger partial charge in [0, 0.05) is 16.6 Å². The van der Waals surface area contributed by atoms with Crippen LogP contribution in [0.1, 0.15) is 12.5 Å². The van der Waals surface area contributed by atoms with Gasteiger partial charge in [-0.05, 0) is 42.8 Å². The van der Waals surface area contributed by atoms with Gasteiger partial charge in [-0.1, -0.05) is 34.1 Å². The molecule has 3 N–H and O–H groups in total. The normalized spacial score (nSPS) is 13.5. The highest BCUT2D eigenvalue weighted by Gasteiger charge is 2.32. The van der Waals surface area contributed by atoms with E-state index in [1.54, 1.807) is 25.1 Å². The summed E-state index contributed by atoms with van der Waals surface area (Å²) in [6.45, 7) is 1.67. The van der Waals surface area contributed by atoms with E-state index in [-0.39, 0.29) is 12.2 Å². The minimum absolute atomic E-state index is 0.172. The SMILES string of the molecule is CC(Cc1ccccc1F)(Nc1ccc(Br)cc1)C(N)=O. The zero-order valence-electron chi connectivity index (χ0n) is 11.6. The lowest BCUT2D eigenvalue weighted by Crippen LogP contribution is -2.49. The van der Waals surface area contributed by atoms with Gasteiger partial charge in [-0.15, -0.1) is 0 Å². The van der Waals surface area contributed by atoms with Crippen molar-refractivity contribution in [3.05, 3.63) is 64.4 Å². The van der Waals surface area contributed by atoms with Crippen molar-refractivity contribution in [2.45, 2.75) is 18.9 Å². The van der Waals surface area contributed by atoms with Crippen molar-refractivity contribution >= 4 is 27.5 Å². The lowest BCUT2D eigenvalue weighted by atomic mass is 9.91. The molecule has 110 valence electrons. The molecular formula is C16H16BrFN2O. The highest BCUT2D eigenvalue weighted by molar-refractivity contribution is 9.10. The summed E-state index contributed by atoms with van der Waals surface area (Å²) < 4.78 is 14.7. The average molecular weight is 351 g/mol. The topological polar surface area (TPSA) is 55.1 Å². The molecule has 0 bridgehead atoms. The first-order chi connectivity index (χ1) is 9.90. The smallest absolute Gasteiger partial charge is 0.243 e. The van der Waals surface area contributed by atoms with E-state index in [1.165, 1.54) is 6.07 Å². The number of nitrogens with two attached hydrogens (primary N) is 1. The standard InChI is InChI=1S/C16H16BrFN2O/c1-16(15(19)21,10-11-4-2-3-5-14(11)18)20-13-8-6-12(17)7-9-13/h2-9,20H,10H2,1H3,(H2,19,21). The van der Waals surface area contributed by atoms with Crippen molar-refractivity contribution < 1.29 is 9.18 Å². The predicted molar refractivity (Wildman–Crippen MR) is 85.5 cm³/mol. The third-order valence-corrected chi connectivity index (χ3v) is 3.84. The second-order valence-electron chi connectivity index (χ2n) is 5.10. The summed E-state index contributed by atoms with van der Waals surface area (Å²) in [6.07, 6.45) is 0.172.